The van der Waals surface area contributed by atoms with E-state index in [4.69, 9.17) is 14.5 Å². The van der Waals surface area contributed by atoms with Crippen molar-refractivity contribution in [3.8, 4) is 28.3 Å². The Labute approximate surface area is 196 Å². The Balaban J connectivity index is 0.00000126. The van der Waals surface area contributed by atoms with E-state index in [0.29, 0.717) is 13.2 Å². The summed E-state index contributed by atoms with van der Waals surface area (Å²) in [5.74, 6) is 1.99. The fourth-order valence-electron chi connectivity index (χ4n) is 4.25. The summed E-state index contributed by atoms with van der Waals surface area (Å²) in [7, 11) is 1.68. The number of nitrogens with zero attached hydrogens (tertiary/aromatic N) is 3. The number of rotatable bonds is 7. The highest BCUT2D eigenvalue weighted by molar-refractivity contribution is 5.79. The molecule has 0 unspecified atom stereocenters. The second-order valence-corrected chi connectivity index (χ2v) is 7.75. The van der Waals surface area contributed by atoms with Gasteiger partial charge in [-0.3, -0.25) is 4.98 Å². The molecular formula is C28H31N3O2. The molecule has 0 bridgehead atoms. The van der Waals surface area contributed by atoms with Crippen LogP contribution in [0.4, 0.5) is 0 Å². The molecule has 5 nitrogen and oxygen atoms in total. The van der Waals surface area contributed by atoms with E-state index in [1.165, 1.54) is 0 Å². The average molecular weight is 442 g/mol. The number of pyridine rings is 1. The lowest BCUT2D eigenvalue weighted by Gasteiger charge is -2.18. The van der Waals surface area contributed by atoms with Crippen molar-refractivity contribution < 1.29 is 9.47 Å². The first-order valence-electron chi connectivity index (χ1n) is 11.6. The van der Waals surface area contributed by atoms with Crippen LogP contribution in [0.3, 0.4) is 0 Å². The maximum Gasteiger partial charge on any atom is 0.118 e. The van der Waals surface area contributed by atoms with Gasteiger partial charge in [-0.05, 0) is 36.2 Å². The average Bonchev–Trinajstić information content (AvgIpc) is 3.46. The van der Waals surface area contributed by atoms with Gasteiger partial charge < -0.3 is 14.0 Å². The standard InChI is InChI=1S/C26H25N3O2.C2H6/c1-30-23-10-7-19(8-11-23)17-31-18-22-9-12-24-28-25(20-5-3-2-4-6-20)26(29(22)24)21-13-15-27-16-14-21;1-2/h2-8,10-11,13-16,22H,9,12,17-18H2,1H3;1-2H3/t22-;/m0./s1. The van der Waals surface area contributed by atoms with E-state index < -0.39 is 0 Å². The number of aryl methyl sites for hydroxylation is 1. The Morgan fingerprint density at radius 1 is 0.909 bits per heavy atom. The molecule has 3 heterocycles. The topological polar surface area (TPSA) is 49.2 Å². The molecule has 0 spiro atoms. The minimum Gasteiger partial charge on any atom is -0.497 e. The number of imidazole rings is 1. The van der Waals surface area contributed by atoms with Crippen molar-refractivity contribution in [1.82, 2.24) is 14.5 Å². The van der Waals surface area contributed by atoms with E-state index >= 15 is 0 Å². The van der Waals surface area contributed by atoms with E-state index in [-0.39, 0.29) is 6.04 Å². The Morgan fingerprint density at radius 3 is 2.33 bits per heavy atom. The zero-order valence-electron chi connectivity index (χ0n) is 19.6. The smallest absolute Gasteiger partial charge is 0.118 e. The number of methoxy groups -OCH3 is 1. The Hall–Kier alpha value is -3.44. The van der Waals surface area contributed by atoms with Crippen molar-refractivity contribution in [3.05, 3.63) is 90.5 Å². The summed E-state index contributed by atoms with van der Waals surface area (Å²) < 4.78 is 13.8. The molecule has 0 aliphatic carbocycles. The zero-order chi connectivity index (χ0) is 23.0. The van der Waals surface area contributed by atoms with Crippen molar-refractivity contribution in [2.45, 2.75) is 39.3 Å². The highest BCUT2D eigenvalue weighted by Crippen LogP contribution is 2.39. The van der Waals surface area contributed by atoms with Gasteiger partial charge in [-0.1, -0.05) is 56.3 Å². The number of ether oxygens (including phenoxy) is 2. The molecule has 0 saturated heterocycles. The minimum atomic E-state index is 0.265. The summed E-state index contributed by atoms with van der Waals surface area (Å²) in [5.41, 5.74) is 5.59. The largest absolute Gasteiger partial charge is 0.497 e. The molecule has 0 radical (unpaired) electrons. The minimum absolute atomic E-state index is 0.265. The SMILES string of the molecule is CC.COc1ccc(COC[C@@H]2CCc3nc(-c4ccccc4)c(-c4ccncc4)n32)cc1. The van der Waals surface area contributed by atoms with Crippen molar-refractivity contribution >= 4 is 0 Å². The van der Waals surface area contributed by atoms with Crippen LogP contribution in [0, 0.1) is 0 Å². The molecule has 0 N–H and O–H groups in total. The maximum absolute atomic E-state index is 6.14. The number of aromatic nitrogens is 3. The van der Waals surface area contributed by atoms with Gasteiger partial charge in [-0.25, -0.2) is 4.98 Å². The molecule has 4 aromatic rings. The first kappa shape index (κ1) is 22.7. The van der Waals surface area contributed by atoms with Crippen molar-refractivity contribution in [2.24, 2.45) is 0 Å². The second kappa shape index (κ2) is 10.9. The predicted octanol–water partition coefficient (Wildman–Crippen LogP) is 6.35. The lowest BCUT2D eigenvalue weighted by molar-refractivity contribution is 0.0925. The highest BCUT2D eigenvalue weighted by Gasteiger charge is 2.30. The molecule has 1 aliphatic heterocycles. The monoisotopic (exact) mass is 441 g/mol. The summed E-state index contributed by atoms with van der Waals surface area (Å²) >= 11 is 0. The molecule has 1 aliphatic rings. The van der Waals surface area contributed by atoms with E-state index in [0.717, 1.165) is 52.5 Å². The van der Waals surface area contributed by atoms with Crippen LogP contribution < -0.4 is 4.74 Å². The molecule has 2 aromatic carbocycles. The summed E-state index contributed by atoms with van der Waals surface area (Å²) in [5, 5.41) is 0. The van der Waals surface area contributed by atoms with Gasteiger partial charge in [0.1, 0.15) is 11.6 Å². The van der Waals surface area contributed by atoms with Crippen LogP contribution >= 0.6 is 0 Å². The second-order valence-electron chi connectivity index (χ2n) is 7.75. The first-order valence-corrected chi connectivity index (χ1v) is 11.6. The van der Waals surface area contributed by atoms with Crippen LogP contribution in [0.5, 0.6) is 5.75 Å². The predicted molar refractivity (Wildman–Crippen MR) is 132 cm³/mol. The lowest BCUT2D eigenvalue weighted by atomic mass is 10.0. The van der Waals surface area contributed by atoms with Crippen LogP contribution in [-0.2, 0) is 17.8 Å². The quantitative estimate of drug-likeness (QED) is 0.335. The molecule has 0 fully saturated rings. The van der Waals surface area contributed by atoms with Crippen molar-refractivity contribution in [2.75, 3.05) is 13.7 Å². The van der Waals surface area contributed by atoms with Crippen LogP contribution in [0.2, 0.25) is 0 Å². The Morgan fingerprint density at radius 2 is 1.64 bits per heavy atom. The zero-order valence-corrected chi connectivity index (χ0v) is 19.6. The Bertz CT molecular complexity index is 1140. The van der Waals surface area contributed by atoms with Gasteiger partial charge in [0.25, 0.3) is 0 Å². The number of hydrogen-bond acceptors (Lipinski definition) is 4. The normalized spacial score (nSPS) is 14.3. The van der Waals surface area contributed by atoms with E-state index in [2.05, 4.69) is 45.9 Å². The van der Waals surface area contributed by atoms with E-state index in [1.54, 1.807) is 7.11 Å². The highest BCUT2D eigenvalue weighted by atomic mass is 16.5. The fraction of sp³-hybridized carbons (Fsp3) is 0.286. The Kier molecular flexibility index (Phi) is 7.53. The molecule has 0 amide bonds. The third kappa shape index (κ3) is 4.99. The van der Waals surface area contributed by atoms with Crippen LogP contribution in [0.25, 0.3) is 22.5 Å². The summed E-state index contributed by atoms with van der Waals surface area (Å²) in [6.07, 6.45) is 5.68. The lowest BCUT2D eigenvalue weighted by Crippen LogP contribution is -2.13. The fourth-order valence-corrected chi connectivity index (χ4v) is 4.25. The van der Waals surface area contributed by atoms with Crippen LogP contribution in [-0.4, -0.2) is 28.3 Å². The molecule has 1 atom stereocenters. The number of benzene rings is 2. The summed E-state index contributed by atoms with van der Waals surface area (Å²) in [6.45, 7) is 5.24. The number of fused-ring (bicyclic) bond motifs is 1. The number of hydrogen-bond donors (Lipinski definition) is 0. The van der Waals surface area contributed by atoms with Gasteiger partial charge >= 0.3 is 0 Å². The van der Waals surface area contributed by atoms with Gasteiger partial charge in [0.15, 0.2) is 0 Å². The van der Waals surface area contributed by atoms with Crippen LogP contribution in [0.15, 0.2) is 79.1 Å². The third-order valence-electron chi connectivity index (χ3n) is 5.79. The molecule has 5 rings (SSSR count). The molecule has 0 saturated carbocycles. The molecule has 33 heavy (non-hydrogen) atoms. The van der Waals surface area contributed by atoms with Crippen LogP contribution in [0.1, 0.15) is 37.7 Å². The first-order chi connectivity index (χ1) is 16.3. The van der Waals surface area contributed by atoms with Gasteiger partial charge in [-0.15, -0.1) is 0 Å². The third-order valence-corrected chi connectivity index (χ3v) is 5.79. The van der Waals surface area contributed by atoms with E-state index in [1.807, 2.05) is 56.6 Å². The van der Waals surface area contributed by atoms with E-state index in [9.17, 15) is 0 Å². The molecule has 170 valence electrons. The molecule has 2 aromatic heterocycles. The van der Waals surface area contributed by atoms with Gasteiger partial charge in [0, 0.05) is 29.9 Å². The van der Waals surface area contributed by atoms with Crippen molar-refractivity contribution in [1.29, 1.82) is 0 Å². The molecular weight excluding hydrogens is 410 g/mol. The van der Waals surface area contributed by atoms with Gasteiger partial charge in [0.2, 0.25) is 0 Å². The van der Waals surface area contributed by atoms with Gasteiger partial charge in [-0.2, -0.15) is 0 Å². The maximum atomic E-state index is 6.14. The summed E-state index contributed by atoms with van der Waals surface area (Å²) in [6, 6.07) is 22.8. The van der Waals surface area contributed by atoms with Crippen molar-refractivity contribution in [3.63, 3.8) is 0 Å². The molecule has 5 heteroatoms. The summed E-state index contributed by atoms with van der Waals surface area (Å²) in [4.78, 5) is 9.25. The van der Waals surface area contributed by atoms with Gasteiger partial charge in [0.05, 0.1) is 37.8 Å².